The molecular weight excluding hydrogens is 332 g/mol. The summed E-state index contributed by atoms with van der Waals surface area (Å²) in [6.45, 7) is 14.1. The average molecular weight is 365 g/mol. The first-order valence-electron chi connectivity index (χ1n) is 10.3. The normalized spacial score (nSPS) is 17.7. The van der Waals surface area contributed by atoms with Crippen LogP contribution in [0.3, 0.4) is 0 Å². The fourth-order valence-corrected chi connectivity index (χ4v) is 4.30. The minimum Gasteiger partial charge on any atom is -0.311 e. The molecule has 0 saturated heterocycles. The Labute approximate surface area is 163 Å². The van der Waals surface area contributed by atoms with Crippen LogP contribution < -0.4 is 5.32 Å². The highest BCUT2D eigenvalue weighted by Gasteiger charge is 2.29. The van der Waals surface area contributed by atoms with Crippen LogP contribution in [0.15, 0.2) is 24.3 Å². The van der Waals surface area contributed by atoms with Crippen molar-refractivity contribution in [2.75, 3.05) is 19.6 Å². The smallest absolute Gasteiger partial charge is 0.0579 e. The third kappa shape index (κ3) is 3.92. The van der Waals surface area contributed by atoms with E-state index >= 15 is 0 Å². The zero-order valence-electron chi connectivity index (χ0n) is 17.2. The van der Waals surface area contributed by atoms with E-state index in [-0.39, 0.29) is 5.41 Å². The molecule has 0 amide bonds. The number of hydrogen-bond donors (Lipinski definition) is 1. The van der Waals surface area contributed by atoms with E-state index in [0.717, 1.165) is 45.6 Å². The van der Waals surface area contributed by atoms with Gasteiger partial charge in [0.05, 0.1) is 11.4 Å². The summed E-state index contributed by atoms with van der Waals surface area (Å²) in [5.74, 6) is 0.482. The minimum absolute atomic E-state index is 0.0274. The van der Waals surface area contributed by atoms with Crippen LogP contribution in [-0.2, 0) is 31.3 Å². The van der Waals surface area contributed by atoms with Gasteiger partial charge >= 0.3 is 0 Å². The highest BCUT2D eigenvalue weighted by molar-refractivity contribution is 5.29. The molecule has 0 fully saturated rings. The van der Waals surface area contributed by atoms with Crippen molar-refractivity contribution in [1.82, 2.24) is 20.2 Å². The molecule has 0 bridgehead atoms. The van der Waals surface area contributed by atoms with Gasteiger partial charge in [-0.1, -0.05) is 39.8 Å². The predicted molar refractivity (Wildman–Crippen MR) is 110 cm³/mol. The van der Waals surface area contributed by atoms with E-state index in [0.29, 0.717) is 5.92 Å². The number of nitrogens with one attached hydrogen (secondary N) is 1. The van der Waals surface area contributed by atoms with Gasteiger partial charge in [-0.3, -0.25) is 14.9 Å². The van der Waals surface area contributed by atoms with Gasteiger partial charge in [-0.05, 0) is 48.6 Å². The Morgan fingerprint density at radius 2 is 1.81 bits per heavy atom. The van der Waals surface area contributed by atoms with Crippen LogP contribution in [-0.4, -0.2) is 34.5 Å². The molecule has 2 aromatic rings. The van der Waals surface area contributed by atoms with Gasteiger partial charge in [-0.15, -0.1) is 0 Å². The van der Waals surface area contributed by atoms with Crippen molar-refractivity contribution < 1.29 is 0 Å². The minimum atomic E-state index is 0.0274. The van der Waals surface area contributed by atoms with Gasteiger partial charge in [0, 0.05) is 43.0 Å². The summed E-state index contributed by atoms with van der Waals surface area (Å²) in [6.07, 6.45) is 2.19. The van der Waals surface area contributed by atoms with Crippen LogP contribution in [0.2, 0.25) is 0 Å². The second-order valence-electron chi connectivity index (χ2n) is 9.07. The Morgan fingerprint density at radius 1 is 1.04 bits per heavy atom. The fourth-order valence-electron chi connectivity index (χ4n) is 4.30. The lowest BCUT2D eigenvalue weighted by Gasteiger charge is -2.35. The van der Waals surface area contributed by atoms with E-state index in [1.54, 1.807) is 0 Å². The van der Waals surface area contributed by atoms with Crippen LogP contribution >= 0.6 is 0 Å². The molecule has 0 atom stereocenters. The van der Waals surface area contributed by atoms with Crippen molar-refractivity contribution in [3.8, 4) is 0 Å². The van der Waals surface area contributed by atoms with E-state index in [2.05, 4.69) is 62.2 Å². The SMILES string of the molecule is CC(C)c1ccc2c(n1)CN(CC(C)(C)c1ccc3c(n1)CNCC3)CC2. The summed E-state index contributed by atoms with van der Waals surface area (Å²) in [6, 6.07) is 9.03. The zero-order valence-corrected chi connectivity index (χ0v) is 17.2. The molecule has 4 rings (SSSR count). The third-order valence-corrected chi connectivity index (χ3v) is 6.00. The van der Waals surface area contributed by atoms with E-state index in [1.807, 2.05) is 0 Å². The molecule has 0 spiro atoms. The zero-order chi connectivity index (χ0) is 19.0. The van der Waals surface area contributed by atoms with Crippen LogP contribution in [0, 0.1) is 0 Å². The highest BCUT2D eigenvalue weighted by atomic mass is 15.1. The Balaban J connectivity index is 1.51. The van der Waals surface area contributed by atoms with Crippen LogP contribution in [0.4, 0.5) is 0 Å². The Morgan fingerprint density at radius 3 is 2.63 bits per heavy atom. The summed E-state index contributed by atoms with van der Waals surface area (Å²) in [4.78, 5) is 12.5. The number of nitrogens with zero attached hydrogens (tertiary/aromatic N) is 3. The summed E-state index contributed by atoms with van der Waals surface area (Å²) in [7, 11) is 0. The second kappa shape index (κ2) is 7.33. The Kier molecular flexibility index (Phi) is 5.04. The average Bonchev–Trinajstić information content (AvgIpc) is 2.66. The molecule has 2 aliphatic heterocycles. The van der Waals surface area contributed by atoms with Gasteiger partial charge in [0.2, 0.25) is 0 Å². The van der Waals surface area contributed by atoms with Gasteiger partial charge in [0.1, 0.15) is 0 Å². The molecule has 0 aromatic carbocycles. The van der Waals surface area contributed by atoms with Crippen molar-refractivity contribution >= 4 is 0 Å². The van der Waals surface area contributed by atoms with Gasteiger partial charge < -0.3 is 5.32 Å². The highest BCUT2D eigenvalue weighted by Crippen LogP contribution is 2.28. The Hall–Kier alpha value is -1.78. The van der Waals surface area contributed by atoms with Crippen molar-refractivity contribution in [2.45, 2.75) is 65.0 Å². The maximum Gasteiger partial charge on any atom is 0.0579 e. The predicted octanol–water partition coefficient (Wildman–Crippen LogP) is 3.58. The van der Waals surface area contributed by atoms with E-state index in [9.17, 15) is 0 Å². The third-order valence-electron chi connectivity index (χ3n) is 6.00. The summed E-state index contributed by atoms with van der Waals surface area (Å²) < 4.78 is 0. The molecule has 4 heterocycles. The first-order valence-corrected chi connectivity index (χ1v) is 10.3. The fraction of sp³-hybridized carbons (Fsp3) is 0.565. The summed E-state index contributed by atoms with van der Waals surface area (Å²) in [5.41, 5.74) is 7.78. The van der Waals surface area contributed by atoms with Crippen molar-refractivity contribution in [1.29, 1.82) is 0 Å². The number of fused-ring (bicyclic) bond motifs is 2. The van der Waals surface area contributed by atoms with Crippen molar-refractivity contribution in [3.63, 3.8) is 0 Å². The van der Waals surface area contributed by atoms with E-state index < -0.39 is 0 Å². The van der Waals surface area contributed by atoms with Crippen LogP contribution in [0.5, 0.6) is 0 Å². The molecule has 1 N–H and O–H groups in total. The van der Waals surface area contributed by atoms with Crippen molar-refractivity contribution in [2.24, 2.45) is 0 Å². The van der Waals surface area contributed by atoms with Crippen LogP contribution in [0.1, 0.15) is 67.5 Å². The van der Waals surface area contributed by atoms with Crippen LogP contribution in [0.25, 0.3) is 0 Å². The van der Waals surface area contributed by atoms with E-state index in [4.69, 9.17) is 9.97 Å². The molecule has 27 heavy (non-hydrogen) atoms. The van der Waals surface area contributed by atoms with Gasteiger partial charge in [0.25, 0.3) is 0 Å². The summed E-state index contributed by atoms with van der Waals surface area (Å²) in [5, 5.41) is 3.45. The maximum atomic E-state index is 5.03. The van der Waals surface area contributed by atoms with Gasteiger partial charge in [-0.25, -0.2) is 0 Å². The first kappa shape index (κ1) is 18.6. The number of pyridine rings is 2. The van der Waals surface area contributed by atoms with Gasteiger partial charge in [-0.2, -0.15) is 0 Å². The number of hydrogen-bond acceptors (Lipinski definition) is 4. The molecule has 0 unspecified atom stereocenters. The quantitative estimate of drug-likeness (QED) is 0.900. The van der Waals surface area contributed by atoms with Gasteiger partial charge in [0.15, 0.2) is 0 Å². The lowest BCUT2D eigenvalue weighted by Crippen LogP contribution is -2.41. The largest absolute Gasteiger partial charge is 0.311 e. The maximum absolute atomic E-state index is 5.03. The number of rotatable bonds is 4. The Bertz CT molecular complexity index is 825. The molecule has 4 nitrogen and oxygen atoms in total. The second-order valence-corrected chi connectivity index (χ2v) is 9.07. The molecular formula is C23H32N4. The molecule has 0 saturated carbocycles. The summed E-state index contributed by atoms with van der Waals surface area (Å²) >= 11 is 0. The topological polar surface area (TPSA) is 41.1 Å². The molecule has 4 heteroatoms. The lowest BCUT2D eigenvalue weighted by molar-refractivity contribution is 0.201. The monoisotopic (exact) mass is 364 g/mol. The molecule has 0 radical (unpaired) electrons. The molecule has 144 valence electrons. The van der Waals surface area contributed by atoms with E-state index in [1.165, 1.54) is 33.9 Å². The molecule has 2 aromatic heterocycles. The number of aromatic nitrogens is 2. The molecule has 0 aliphatic carbocycles. The van der Waals surface area contributed by atoms with Crippen molar-refractivity contribution in [3.05, 3.63) is 58.2 Å². The lowest BCUT2D eigenvalue weighted by atomic mass is 9.86. The standard InChI is InChI=1S/C23H32N4/c1-16(2)19-7-5-18-10-12-27(14-21(18)25-19)15-23(3,4)22-8-6-17-9-11-24-13-20(17)26-22/h5-8,16,24H,9-15H2,1-4H3. The molecule has 2 aliphatic rings. The first-order chi connectivity index (χ1) is 12.9.